The molecule has 0 fully saturated rings. The Morgan fingerprint density at radius 2 is 2.00 bits per heavy atom. The summed E-state index contributed by atoms with van der Waals surface area (Å²) in [5.41, 5.74) is 3.15. The van der Waals surface area contributed by atoms with Gasteiger partial charge in [0, 0.05) is 24.2 Å². The summed E-state index contributed by atoms with van der Waals surface area (Å²) in [4.78, 5) is 21.5. The number of fused-ring (bicyclic) bond motifs is 1. The first kappa shape index (κ1) is 20.5. The second kappa shape index (κ2) is 7.82. The van der Waals surface area contributed by atoms with Gasteiger partial charge < -0.3 is 15.2 Å². The second-order valence-corrected chi connectivity index (χ2v) is 8.50. The third kappa shape index (κ3) is 4.40. The topological polar surface area (TPSA) is 111 Å². The molecular formula is C22H25N7O2. The van der Waals surface area contributed by atoms with E-state index in [1.807, 2.05) is 59.0 Å². The Balaban J connectivity index is 1.47. The van der Waals surface area contributed by atoms with Crippen LogP contribution in [-0.2, 0) is 12.5 Å². The predicted molar refractivity (Wildman–Crippen MR) is 118 cm³/mol. The number of rotatable bonds is 5. The summed E-state index contributed by atoms with van der Waals surface area (Å²) in [5.74, 6) is 0.996. The zero-order chi connectivity index (χ0) is 22.2. The van der Waals surface area contributed by atoms with Crippen molar-refractivity contribution in [2.75, 3.05) is 10.6 Å². The number of hydrogen-bond acceptors (Lipinski definition) is 7. The minimum absolute atomic E-state index is 0.0589. The summed E-state index contributed by atoms with van der Waals surface area (Å²) in [7, 11) is 1.83. The molecule has 0 unspecified atom stereocenters. The van der Waals surface area contributed by atoms with Crippen LogP contribution in [0.25, 0.3) is 11.2 Å². The Kier molecular flexibility index (Phi) is 5.18. The van der Waals surface area contributed by atoms with E-state index in [9.17, 15) is 4.79 Å². The number of aromatic nitrogens is 5. The number of carbonyl (C=O) groups is 1. The molecule has 9 heteroatoms. The van der Waals surface area contributed by atoms with Gasteiger partial charge in [0.2, 0.25) is 0 Å². The van der Waals surface area contributed by atoms with Gasteiger partial charge in [-0.2, -0.15) is 5.10 Å². The van der Waals surface area contributed by atoms with Gasteiger partial charge in [-0.25, -0.2) is 14.6 Å². The maximum Gasteiger partial charge on any atom is 0.277 e. The van der Waals surface area contributed by atoms with Crippen molar-refractivity contribution in [3.8, 4) is 0 Å². The number of aryl methyl sites for hydroxylation is 1. The van der Waals surface area contributed by atoms with Crippen LogP contribution in [0.4, 0.5) is 11.5 Å². The first-order chi connectivity index (χ1) is 14.7. The lowest BCUT2D eigenvalue weighted by Gasteiger charge is -2.16. The van der Waals surface area contributed by atoms with Gasteiger partial charge in [0.05, 0.1) is 18.4 Å². The summed E-state index contributed by atoms with van der Waals surface area (Å²) in [6.07, 6.45) is 3.37. The quantitative estimate of drug-likeness (QED) is 0.501. The van der Waals surface area contributed by atoms with Crippen molar-refractivity contribution in [2.24, 2.45) is 7.05 Å². The smallest absolute Gasteiger partial charge is 0.277 e. The molecule has 1 atom stereocenters. The van der Waals surface area contributed by atoms with E-state index in [1.54, 1.807) is 23.1 Å². The normalized spacial score (nSPS) is 12.7. The van der Waals surface area contributed by atoms with Crippen molar-refractivity contribution in [1.29, 1.82) is 0 Å². The number of nitrogens with one attached hydrogen (secondary N) is 2. The summed E-state index contributed by atoms with van der Waals surface area (Å²) >= 11 is 0. The number of hydrogen-bond donors (Lipinski definition) is 2. The van der Waals surface area contributed by atoms with Crippen LogP contribution in [0.15, 0.2) is 47.2 Å². The van der Waals surface area contributed by atoms with Gasteiger partial charge in [-0.1, -0.05) is 38.1 Å². The van der Waals surface area contributed by atoms with Crippen LogP contribution >= 0.6 is 0 Å². The van der Waals surface area contributed by atoms with Crippen molar-refractivity contribution in [3.05, 3.63) is 59.7 Å². The van der Waals surface area contributed by atoms with E-state index >= 15 is 0 Å². The molecule has 1 aromatic carbocycles. The standard InChI is InChI=1S/C22H25N7O2/c1-13(25-19-12-23-17-11-24-29(5)20(17)27-19)14-7-6-8-15(9-14)26-21(30)16-10-18(31-28-16)22(2,3)4/h6-13H,1-5H3,(H,25,27)(H,26,30)/t13-/m0/s1. The van der Waals surface area contributed by atoms with Crippen LogP contribution in [0.2, 0.25) is 0 Å². The minimum Gasteiger partial charge on any atom is -0.362 e. The number of benzene rings is 1. The molecule has 4 rings (SSSR count). The minimum atomic E-state index is -0.315. The van der Waals surface area contributed by atoms with E-state index in [1.165, 1.54) is 0 Å². The molecule has 0 radical (unpaired) electrons. The SMILES string of the molecule is C[C@H](Nc1cnc2cnn(C)c2n1)c1cccc(NC(=O)c2cc(C(C)(C)C)on2)c1. The van der Waals surface area contributed by atoms with Gasteiger partial charge in [-0.15, -0.1) is 0 Å². The fourth-order valence-electron chi connectivity index (χ4n) is 3.11. The number of carbonyl (C=O) groups excluding carboxylic acids is 1. The lowest BCUT2D eigenvalue weighted by molar-refractivity contribution is 0.101. The van der Waals surface area contributed by atoms with Crippen LogP contribution in [0.5, 0.6) is 0 Å². The van der Waals surface area contributed by atoms with Gasteiger partial charge in [0.15, 0.2) is 11.3 Å². The molecule has 0 bridgehead atoms. The fraction of sp³-hybridized carbons (Fsp3) is 0.318. The molecule has 2 N–H and O–H groups in total. The maximum atomic E-state index is 12.6. The molecule has 4 aromatic rings. The van der Waals surface area contributed by atoms with Crippen LogP contribution in [0, 0.1) is 0 Å². The van der Waals surface area contributed by atoms with Crippen molar-refractivity contribution in [3.63, 3.8) is 0 Å². The fourth-order valence-corrected chi connectivity index (χ4v) is 3.11. The maximum absolute atomic E-state index is 12.6. The highest BCUT2D eigenvalue weighted by molar-refractivity contribution is 6.02. The first-order valence-electron chi connectivity index (χ1n) is 10.0. The molecule has 3 heterocycles. The van der Waals surface area contributed by atoms with Crippen molar-refractivity contribution in [1.82, 2.24) is 24.9 Å². The van der Waals surface area contributed by atoms with E-state index in [4.69, 9.17) is 4.52 Å². The molecule has 0 spiro atoms. The molecular weight excluding hydrogens is 394 g/mol. The lowest BCUT2D eigenvalue weighted by atomic mass is 9.93. The highest BCUT2D eigenvalue weighted by atomic mass is 16.5. The Morgan fingerprint density at radius 3 is 2.74 bits per heavy atom. The average Bonchev–Trinajstić information content (AvgIpc) is 3.36. The molecule has 3 aromatic heterocycles. The zero-order valence-electron chi connectivity index (χ0n) is 18.2. The Labute approximate surface area is 179 Å². The Morgan fingerprint density at radius 1 is 1.19 bits per heavy atom. The molecule has 0 aliphatic rings. The van der Waals surface area contributed by atoms with Gasteiger partial charge in [-0.3, -0.25) is 4.79 Å². The molecule has 160 valence electrons. The zero-order valence-corrected chi connectivity index (χ0v) is 18.2. The summed E-state index contributed by atoms with van der Waals surface area (Å²) in [6, 6.07) is 9.24. The highest BCUT2D eigenvalue weighted by Gasteiger charge is 2.22. The molecule has 0 saturated heterocycles. The van der Waals surface area contributed by atoms with E-state index in [0.29, 0.717) is 22.9 Å². The monoisotopic (exact) mass is 419 g/mol. The molecule has 9 nitrogen and oxygen atoms in total. The third-order valence-corrected chi connectivity index (χ3v) is 4.93. The Hall–Kier alpha value is -3.75. The van der Waals surface area contributed by atoms with Gasteiger partial charge in [0.1, 0.15) is 17.1 Å². The molecule has 0 saturated carbocycles. The van der Waals surface area contributed by atoms with E-state index in [-0.39, 0.29) is 23.1 Å². The third-order valence-electron chi connectivity index (χ3n) is 4.93. The van der Waals surface area contributed by atoms with Crippen molar-refractivity contribution < 1.29 is 9.32 Å². The summed E-state index contributed by atoms with van der Waals surface area (Å²) in [6.45, 7) is 8.03. The number of amides is 1. The Bertz CT molecular complexity index is 1240. The number of nitrogens with zero attached hydrogens (tertiary/aromatic N) is 5. The predicted octanol–water partition coefficient (Wildman–Crippen LogP) is 4.07. The molecule has 0 aliphatic heterocycles. The van der Waals surface area contributed by atoms with Crippen LogP contribution in [0.1, 0.15) is 55.5 Å². The van der Waals surface area contributed by atoms with Gasteiger partial charge in [-0.05, 0) is 24.6 Å². The lowest BCUT2D eigenvalue weighted by Crippen LogP contribution is -2.14. The molecule has 31 heavy (non-hydrogen) atoms. The van der Waals surface area contributed by atoms with Gasteiger partial charge in [0.25, 0.3) is 5.91 Å². The van der Waals surface area contributed by atoms with E-state index in [0.717, 1.165) is 11.1 Å². The second-order valence-electron chi connectivity index (χ2n) is 8.50. The van der Waals surface area contributed by atoms with Crippen molar-refractivity contribution in [2.45, 2.75) is 39.2 Å². The highest BCUT2D eigenvalue weighted by Crippen LogP contribution is 2.24. The van der Waals surface area contributed by atoms with E-state index < -0.39 is 0 Å². The first-order valence-corrected chi connectivity index (χ1v) is 10.0. The summed E-state index contributed by atoms with van der Waals surface area (Å²) < 4.78 is 6.99. The van der Waals surface area contributed by atoms with Crippen molar-refractivity contribution >= 4 is 28.6 Å². The molecule has 1 amide bonds. The average molecular weight is 419 g/mol. The van der Waals surface area contributed by atoms with Crippen LogP contribution < -0.4 is 10.6 Å². The van der Waals surface area contributed by atoms with Gasteiger partial charge >= 0.3 is 0 Å². The largest absolute Gasteiger partial charge is 0.362 e. The summed E-state index contributed by atoms with van der Waals surface area (Å²) in [5, 5.41) is 14.3. The van der Waals surface area contributed by atoms with E-state index in [2.05, 4.69) is 30.9 Å². The molecule has 0 aliphatic carbocycles. The van der Waals surface area contributed by atoms with Crippen LogP contribution in [-0.4, -0.2) is 30.8 Å². The van der Waals surface area contributed by atoms with Crippen LogP contribution in [0.3, 0.4) is 0 Å². The number of anilines is 2.